The van der Waals surface area contributed by atoms with Crippen molar-refractivity contribution in [3.05, 3.63) is 60.4 Å². The average molecular weight is 331 g/mol. The number of nitrogens with zero attached hydrogens (tertiary/aromatic N) is 9. The second kappa shape index (κ2) is 5.48. The molecular weight excluding hydrogens is 318 g/mol. The Morgan fingerprint density at radius 2 is 1.32 bits per heavy atom. The van der Waals surface area contributed by atoms with E-state index in [0.29, 0.717) is 13.2 Å². The minimum absolute atomic E-state index is 0.433. The Hall–Kier alpha value is -3.62. The van der Waals surface area contributed by atoms with Gasteiger partial charge in [0.05, 0.1) is 29.5 Å². The van der Waals surface area contributed by atoms with Crippen LogP contribution in [0.25, 0.3) is 22.1 Å². The van der Waals surface area contributed by atoms with Gasteiger partial charge < -0.3 is 0 Å². The maximum absolute atomic E-state index is 4.22. The Balaban J connectivity index is 1.48. The summed E-state index contributed by atoms with van der Waals surface area (Å²) in [5.74, 6) is 0. The number of rotatable bonds is 4. The molecule has 9 nitrogen and oxygen atoms in total. The third-order valence-corrected chi connectivity index (χ3v) is 4.12. The summed E-state index contributed by atoms with van der Waals surface area (Å²) in [4.78, 5) is 0. The minimum atomic E-state index is 0.433. The average Bonchev–Trinajstić information content (AvgIpc) is 3.36. The Kier molecular flexibility index (Phi) is 3.02. The van der Waals surface area contributed by atoms with Crippen molar-refractivity contribution in [2.75, 3.05) is 0 Å². The first kappa shape index (κ1) is 13.8. The van der Waals surface area contributed by atoms with E-state index >= 15 is 0 Å². The molecule has 0 fully saturated rings. The lowest BCUT2D eigenvalue weighted by Gasteiger charge is -2.07. The van der Waals surface area contributed by atoms with E-state index < -0.39 is 0 Å². The molecule has 0 aliphatic rings. The molecule has 0 aliphatic heterocycles. The molecule has 0 aliphatic carbocycles. The van der Waals surface area contributed by atoms with Crippen LogP contribution >= 0.6 is 0 Å². The summed E-state index contributed by atoms with van der Waals surface area (Å²) in [6.45, 7) is 0.961. The smallest absolute Gasteiger partial charge is 0.137 e. The highest BCUT2D eigenvalue weighted by atomic mass is 15.5. The lowest BCUT2D eigenvalue weighted by Crippen LogP contribution is -2.16. The molecule has 0 amide bonds. The predicted molar refractivity (Wildman–Crippen MR) is 89.6 cm³/mol. The molecule has 5 rings (SSSR count). The van der Waals surface area contributed by atoms with Gasteiger partial charge in [0.1, 0.15) is 17.7 Å². The zero-order valence-electron chi connectivity index (χ0n) is 13.1. The van der Waals surface area contributed by atoms with Gasteiger partial charge in [-0.3, -0.25) is 0 Å². The molecule has 0 saturated heterocycles. The van der Waals surface area contributed by atoms with E-state index in [9.17, 15) is 0 Å². The highest BCUT2D eigenvalue weighted by Gasteiger charge is 2.11. The van der Waals surface area contributed by atoms with E-state index in [1.54, 1.807) is 15.6 Å². The van der Waals surface area contributed by atoms with E-state index in [-0.39, 0.29) is 0 Å². The van der Waals surface area contributed by atoms with Crippen LogP contribution in [0.5, 0.6) is 0 Å². The molecule has 0 radical (unpaired) electrons. The monoisotopic (exact) mass is 331 g/mol. The second-order valence-electron chi connectivity index (χ2n) is 5.68. The van der Waals surface area contributed by atoms with Crippen molar-refractivity contribution in [2.45, 2.75) is 13.2 Å². The van der Waals surface area contributed by atoms with Gasteiger partial charge in [-0.15, -0.1) is 15.3 Å². The Morgan fingerprint density at radius 3 is 2.08 bits per heavy atom. The lowest BCUT2D eigenvalue weighted by molar-refractivity contribution is 0.466. The van der Waals surface area contributed by atoms with Crippen molar-refractivity contribution in [3.63, 3.8) is 0 Å². The Morgan fingerprint density at radius 1 is 0.680 bits per heavy atom. The van der Waals surface area contributed by atoms with Crippen LogP contribution in [-0.2, 0) is 13.2 Å². The molecule has 122 valence electrons. The van der Waals surface area contributed by atoms with Crippen molar-refractivity contribution >= 4 is 22.1 Å². The van der Waals surface area contributed by atoms with E-state index in [0.717, 1.165) is 27.8 Å². The van der Waals surface area contributed by atoms with Gasteiger partial charge in [0.2, 0.25) is 0 Å². The third kappa shape index (κ3) is 2.33. The normalized spacial score (nSPS) is 11.5. The van der Waals surface area contributed by atoms with Gasteiger partial charge in [-0.2, -0.15) is 0 Å². The third-order valence-electron chi connectivity index (χ3n) is 4.12. The maximum Gasteiger partial charge on any atom is 0.137 e. The molecule has 0 bridgehead atoms. The van der Waals surface area contributed by atoms with Crippen LogP contribution in [0.3, 0.4) is 0 Å². The predicted octanol–water partition coefficient (Wildman–Crippen LogP) is 1.32. The second-order valence-corrected chi connectivity index (χ2v) is 5.68. The SMILES string of the molecule is c1ccc2c(c1)nnn2Cc1cnnn1Cn1nnc2ccccc21. The Labute approximate surface area is 141 Å². The van der Waals surface area contributed by atoms with Gasteiger partial charge in [-0.05, 0) is 24.3 Å². The molecule has 9 heteroatoms. The van der Waals surface area contributed by atoms with Crippen LogP contribution in [0, 0.1) is 0 Å². The summed E-state index contributed by atoms with van der Waals surface area (Å²) in [5.41, 5.74) is 4.56. The van der Waals surface area contributed by atoms with E-state index in [2.05, 4.69) is 30.9 Å². The number of hydrogen-bond acceptors (Lipinski definition) is 6. The highest BCUT2D eigenvalue weighted by molar-refractivity contribution is 5.74. The van der Waals surface area contributed by atoms with Crippen LogP contribution < -0.4 is 0 Å². The lowest BCUT2D eigenvalue weighted by atomic mass is 10.3. The summed E-state index contributed by atoms with van der Waals surface area (Å²) < 4.78 is 5.43. The molecule has 3 heterocycles. The van der Waals surface area contributed by atoms with Gasteiger partial charge in [0.25, 0.3) is 0 Å². The number of benzene rings is 2. The molecule has 5 aromatic rings. The molecule has 0 unspecified atom stereocenters. The molecule has 2 aromatic carbocycles. The van der Waals surface area contributed by atoms with Gasteiger partial charge in [0, 0.05) is 0 Å². The van der Waals surface area contributed by atoms with Crippen LogP contribution in [0.4, 0.5) is 0 Å². The van der Waals surface area contributed by atoms with Gasteiger partial charge in [-0.1, -0.05) is 39.9 Å². The van der Waals surface area contributed by atoms with Crippen molar-refractivity contribution < 1.29 is 0 Å². The van der Waals surface area contributed by atoms with Crippen LogP contribution in [0.1, 0.15) is 5.69 Å². The molecule has 0 atom stereocenters. The summed E-state index contributed by atoms with van der Waals surface area (Å²) >= 11 is 0. The first-order valence-corrected chi connectivity index (χ1v) is 7.82. The fourth-order valence-electron chi connectivity index (χ4n) is 2.86. The van der Waals surface area contributed by atoms with Crippen LogP contribution in [0.15, 0.2) is 54.7 Å². The quantitative estimate of drug-likeness (QED) is 0.493. The van der Waals surface area contributed by atoms with Crippen molar-refractivity contribution in [1.29, 1.82) is 0 Å². The molecule has 0 saturated carbocycles. The highest BCUT2D eigenvalue weighted by Crippen LogP contribution is 2.13. The summed E-state index contributed by atoms with van der Waals surface area (Å²) in [5, 5.41) is 25.0. The molecule has 0 N–H and O–H groups in total. The summed E-state index contributed by atoms with van der Waals surface area (Å²) in [6, 6.07) is 15.7. The first-order valence-electron chi connectivity index (χ1n) is 7.82. The van der Waals surface area contributed by atoms with Crippen molar-refractivity contribution in [1.82, 2.24) is 45.0 Å². The zero-order chi connectivity index (χ0) is 16.6. The number of hydrogen-bond donors (Lipinski definition) is 0. The largest absolute Gasteiger partial charge is 0.239 e. The number of para-hydroxylation sites is 2. The minimum Gasteiger partial charge on any atom is -0.239 e. The van der Waals surface area contributed by atoms with Gasteiger partial charge in [0.15, 0.2) is 0 Å². The van der Waals surface area contributed by atoms with Crippen LogP contribution in [0.2, 0.25) is 0 Å². The van der Waals surface area contributed by atoms with Gasteiger partial charge >= 0.3 is 0 Å². The van der Waals surface area contributed by atoms with E-state index in [1.165, 1.54) is 0 Å². The molecule has 0 spiro atoms. The molecular formula is C16H13N9. The van der Waals surface area contributed by atoms with E-state index in [1.807, 2.05) is 53.2 Å². The molecule has 3 aromatic heterocycles. The maximum atomic E-state index is 4.22. The fourth-order valence-corrected chi connectivity index (χ4v) is 2.86. The zero-order valence-corrected chi connectivity index (χ0v) is 13.1. The fraction of sp³-hybridized carbons (Fsp3) is 0.125. The van der Waals surface area contributed by atoms with Crippen molar-refractivity contribution in [2.24, 2.45) is 0 Å². The van der Waals surface area contributed by atoms with Crippen LogP contribution in [-0.4, -0.2) is 45.0 Å². The number of fused-ring (bicyclic) bond motifs is 2. The summed E-state index contributed by atoms with van der Waals surface area (Å²) in [7, 11) is 0. The standard InChI is InChI=1S/C16H13N9/c1-3-7-15-13(5-1)18-21-23(15)10-12-9-17-20-24(12)11-25-16-8-4-2-6-14(16)19-22-25/h1-9H,10-11H2. The Bertz CT molecular complexity index is 1080. The number of aromatic nitrogens is 9. The van der Waals surface area contributed by atoms with E-state index in [4.69, 9.17) is 0 Å². The first-order chi connectivity index (χ1) is 12.4. The van der Waals surface area contributed by atoms with Gasteiger partial charge in [-0.25, -0.2) is 14.0 Å². The summed E-state index contributed by atoms with van der Waals surface area (Å²) in [6.07, 6.45) is 1.73. The molecule has 25 heavy (non-hydrogen) atoms. The van der Waals surface area contributed by atoms with Crippen molar-refractivity contribution in [3.8, 4) is 0 Å². The topological polar surface area (TPSA) is 92.1 Å².